The molecule has 4 nitrogen and oxygen atoms in total. The highest BCUT2D eigenvalue weighted by Crippen LogP contribution is 2.14. The molecular weight excluding hydrogens is 283 g/mol. The summed E-state index contributed by atoms with van der Waals surface area (Å²) in [4.78, 5) is 11.7. The van der Waals surface area contributed by atoms with Crippen molar-refractivity contribution in [2.24, 2.45) is 0 Å². The monoisotopic (exact) mass is 302 g/mol. The summed E-state index contributed by atoms with van der Waals surface area (Å²) in [6.07, 6.45) is 0.320. The second-order valence-electron chi connectivity index (χ2n) is 4.77. The maximum atomic E-state index is 13.4. The Labute approximate surface area is 129 Å². The van der Waals surface area contributed by atoms with Crippen LogP contribution < -0.4 is 15.4 Å². The molecule has 0 saturated heterocycles. The van der Waals surface area contributed by atoms with Crippen molar-refractivity contribution in [2.75, 3.05) is 19.0 Å². The van der Waals surface area contributed by atoms with E-state index in [1.165, 1.54) is 6.07 Å². The number of hydrogen-bond acceptors (Lipinski definition) is 3. The van der Waals surface area contributed by atoms with E-state index in [2.05, 4.69) is 10.6 Å². The molecule has 22 heavy (non-hydrogen) atoms. The molecule has 0 fully saturated rings. The summed E-state index contributed by atoms with van der Waals surface area (Å²) < 4.78 is 18.5. The Morgan fingerprint density at radius 3 is 2.55 bits per heavy atom. The largest absolute Gasteiger partial charge is 0.497 e. The molecule has 2 N–H and O–H groups in total. The predicted molar refractivity (Wildman–Crippen MR) is 84.3 cm³/mol. The van der Waals surface area contributed by atoms with Crippen molar-refractivity contribution in [1.29, 1.82) is 0 Å². The summed E-state index contributed by atoms with van der Waals surface area (Å²) in [5, 5.41) is 5.85. The van der Waals surface area contributed by atoms with Gasteiger partial charge < -0.3 is 15.4 Å². The topological polar surface area (TPSA) is 50.4 Å². The van der Waals surface area contributed by atoms with Gasteiger partial charge >= 0.3 is 0 Å². The molecule has 2 aromatic rings. The van der Waals surface area contributed by atoms with Crippen LogP contribution in [-0.4, -0.2) is 19.6 Å². The standard InChI is InChI=1S/C17H19FN2O2/c1-22-15-8-6-14(7-9-15)19-11-10-17(21)20-12-13-4-2-3-5-16(13)18/h2-9,19H,10-12H2,1H3,(H,20,21). The maximum Gasteiger partial charge on any atom is 0.222 e. The number of methoxy groups -OCH3 is 1. The molecule has 2 aromatic carbocycles. The summed E-state index contributed by atoms with van der Waals surface area (Å²) >= 11 is 0. The highest BCUT2D eigenvalue weighted by molar-refractivity contribution is 5.76. The molecule has 5 heteroatoms. The van der Waals surface area contributed by atoms with E-state index >= 15 is 0 Å². The van der Waals surface area contributed by atoms with Gasteiger partial charge in [-0.1, -0.05) is 18.2 Å². The molecule has 0 radical (unpaired) electrons. The predicted octanol–water partition coefficient (Wildman–Crippen LogP) is 2.95. The van der Waals surface area contributed by atoms with Crippen LogP contribution in [0.1, 0.15) is 12.0 Å². The van der Waals surface area contributed by atoms with Gasteiger partial charge in [-0.05, 0) is 30.3 Å². The molecule has 0 aliphatic carbocycles. The van der Waals surface area contributed by atoms with Crippen molar-refractivity contribution in [3.63, 3.8) is 0 Å². The molecule has 0 unspecified atom stereocenters. The normalized spacial score (nSPS) is 10.1. The number of nitrogens with one attached hydrogen (secondary N) is 2. The van der Waals surface area contributed by atoms with Crippen molar-refractivity contribution >= 4 is 11.6 Å². The SMILES string of the molecule is COc1ccc(NCCC(=O)NCc2ccccc2F)cc1. The number of rotatable bonds is 7. The first-order valence-corrected chi connectivity index (χ1v) is 7.07. The average Bonchev–Trinajstić information content (AvgIpc) is 2.55. The zero-order chi connectivity index (χ0) is 15.8. The number of carbonyl (C=O) groups is 1. The minimum Gasteiger partial charge on any atom is -0.497 e. The van der Waals surface area contributed by atoms with E-state index in [1.54, 1.807) is 25.3 Å². The van der Waals surface area contributed by atoms with Gasteiger partial charge in [-0.15, -0.1) is 0 Å². The molecule has 1 amide bonds. The molecule has 0 aliphatic rings. The lowest BCUT2D eigenvalue weighted by Crippen LogP contribution is -2.25. The Morgan fingerprint density at radius 2 is 1.86 bits per heavy atom. The summed E-state index contributed by atoms with van der Waals surface area (Å²) in [6.45, 7) is 0.712. The minimum absolute atomic E-state index is 0.121. The van der Waals surface area contributed by atoms with Gasteiger partial charge in [-0.2, -0.15) is 0 Å². The molecule has 0 saturated carbocycles. The van der Waals surface area contributed by atoms with E-state index < -0.39 is 0 Å². The van der Waals surface area contributed by atoms with E-state index in [0.717, 1.165) is 11.4 Å². The summed E-state index contributed by atoms with van der Waals surface area (Å²) in [7, 11) is 1.61. The number of hydrogen-bond donors (Lipinski definition) is 2. The average molecular weight is 302 g/mol. The molecule has 2 rings (SSSR count). The summed E-state index contributed by atoms with van der Waals surface area (Å²) in [5.41, 5.74) is 1.40. The highest BCUT2D eigenvalue weighted by Gasteiger charge is 2.04. The number of carbonyl (C=O) groups excluding carboxylic acids is 1. The van der Waals surface area contributed by atoms with Crippen LogP contribution in [0.4, 0.5) is 10.1 Å². The Balaban J connectivity index is 1.70. The fourth-order valence-electron chi connectivity index (χ4n) is 1.95. The fourth-order valence-corrected chi connectivity index (χ4v) is 1.95. The first kappa shape index (κ1) is 15.8. The van der Waals surface area contributed by atoms with Crippen LogP contribution in [0.5, 0.6) is 5.75 Å². The zero-order valence-corrected chi connectivity index (χ0v) is 12.4. The van der Waals surface area contributed by atoms with Gasteiger partial charge in [0.05, 0.1) is 7.11 Å². The second-order valence-corrected chi connectivity index (χ2v) is 4.77. The Bertz CT molecular complexity index is 614. The fraction of sp³-hybridized carbons (Fsp3) is 0.235. The van der Waals surface area contributed by atoms with Crippen LogP contribution in [0.15, 0.2) is 48.5 Å². The molecule has 116 valence electrons. The summed E-state index contributed by atoms with van der Waals surface area (Å²) in [6, 6.07) is 13.9. The van der Waals surface area contributed by atoms with Gasteiger partial charge in [0.1, 0.15) is 11.6 Å². The molecule has 0 heterocycles. The van der Waals surface area contributed by atoms with E-state index in [0.29, 0.717) is 18.5 Å². The van der Waals surface area contributed by atoms with E-state index in [-0.39, 0.29) is 18.3 Å². The van der Waals surface area contributed by atoms with Gasteiger partial charge in [0.15, 0.2) is 0 Å². The van der Waals surface area contributed by atoms with Crippen LogP contribution in [0.25, 0.3) is 0 Å². The smallest absolute Gasteiger partial charge is 0.222 e. The third-order valence-corrected chi connectivity index (χ3v) is 3.21. The van der Waals surface area contributed by atoms with Crippen molar-refractivity contribution in [3.05, 3.63) is 59.9 Å². The second kappa shape index (κ2) is 8.02. The maximum absolute atomic E-state index is 13.4. The third kappa shape index (κ3) is 4.77. The molecule has 0 atom stereocenters. The van der Waals surface area contributed by atoms with Crippen LogP contribution in [0.3, 0.4) is 0 Å². The van der Waals surface area contributed by atoms with Crippen molar-refractivity contribution in [1.82, 2.24) is 5.32 Å². The molecular formula is C17H19FN2O2. The van der Waals surface area contributed by atoms with Gasteiger partial charge in [0, 0.05) is 30.8 Å². The number of halogens is 1. The highest BCUT2D eigenvalue weighted by atomic mass is 19.1. The lowest BCUT2D eigenvalue weighted by atomic mass is 10.2. The van der Waals surface area contributed by atoms with Crippen molar-refractivity contribution in [3.8, 4) is 5.75 Å². The Kier molecular flexibility index (Phi) is 5.77. The molecule has 0 aromatic heterocycles. The van der Waals surface area contributed by atoms with Crippen molar-refractivity contribution < 1.29 is 13.9 Å². The Hall–Kier alpha value is -2.56. The summed E-state index contributed by atoms with van der Waals surface area (Å²) in [5.74, 6) is 0.358. The lowest BCUT2D eigenvalue weighted by molar-refractivity contribution is -0.121. The van der Waals surface area contributed by atoms with Crippen LogP contribution >= 0.6 is 0 Å². The van der Waals surface area contributed by atoms with Gasteiger partial charge in [-0.3, -0.25) is 4.79 Å². The molecule has 0 bridgehead atoms. The van der Waals surface area contributed by atoms with Gasteiger partial charge in [0.25, 0.3) is 0 Å². The first-order valence-electron chi connectivity index (χ1n) is 7.07. The molecule has 0 spiro atoms. The van der Waals surface area contributed by atoms with Crippen LogP contribution in [0.2, 0.25) is 0 Å². The van der Waals surface area contributed by atoms with Gasteiger partial charge in [-0.25, -0.2) is 4.39 Å². The minimum atomic E-state index is -0.306. The third-order valence-electron chi connectivity index (χ3n) is 3.21. The Morgan fingerprint density at radius 1 is 1.14 bits per heavy atom. The zero-order valence-electron chi connectivity index (χ0n) is 12.4. The number of benzene rings is 2. The quantitative estimate of drug-likeness (QED) is 0.827. The van der Waals surface area contributed by atoms with E-state index in [9.17, 15) is 9.18 Å². The molecule has 0 aliphatic heterocycles. The van der Waals surface area contributed by atoms with Crippen LogP contribution in [-0.2, 0) is 11.3 Å². The number of anilines is 1. The van der Waals surface area contributed by atoms with Crippen LogP contribution in [0, 0.1) is 5.82 Å². The van der Waals surface area contributed by atoms with E-state index in [1.807, 2.05) is 24.3 Å². The number of ether oxygens (including phenoxy) is 1. The van der Waals surface area contributed by atoms with Gasteiger partial charge in [0.2, 0.25) is 5.91 Å². The van der Waals surface area contributed by atoms with E-state index in [4.69, 9.17) is 4.74 Å². The number of amides is 1. The lowest BCUT2D eigenvalue weighted by Gasteiger charge is -2.08. The first-order chi connectivity index (χ1) is 10.7. The van der Waals surface area contributed by atoms with Crippen molar-refractivity contribution in [2.45, 2.75) is 13.0 Å².